The summed E-state index contributed by atoms with van der Waals surface area (Å²) in [4.78, 5) is 18.9. The lowest BCUT2D eigenvalue weighted by atomic mass is 10.0. The van der Waals surface area contributed by atoms with Crippen LogP contribution < -0.4 is 15.2 Å². The highest BCUT2D eigenvalue weighted by atomic mass is 32.2. The molecule has 3 heterocycles. The fourth-order valence-electron chi connectivity index (χ4n) is 5.09. The Morgan fingerprint density at radius 1 is 1.12 bits per heavy atom. The van der Waals surface area contributed by atoms with Gasteiger partial charge >= 0.3 is 0 Å². The molecule has 1 unspecified atom stereocenters. The molecule has 3 aromatic rings. The molecule has 2 N–H and O–H groups in total. The first kappa shape index (κ1) is 21.6. The van der Waals surface area contributed by atoms with Gasteiger partial charge in [-0.15, -0.1) is 4.72 Å². The Kier molecular flexibility index (Phi) is 6.01. The van der Waals surface area contributed by atoms with E-state index in [2.05, 4.69) is 19.8 Å². The molecule has 32 heavy (non-hydrogen) atoms. The smallest absolute Gasteiger partial charge is 0.271 e. The summed E-state index contributed by atoms with van der Waals surface area (Å²) in [5, 5.41) is 4.90. The molecule has 1 saturated heterocycles. The highest BCUT2D eigenvalue weighted by Gasteiger charge is 2.27. The molecule has 5 rings (SSSR count). The predicted molar refractivity (Wildman–Crippen MR) is 127 cm³/mol. The first-order chi connectivity index (χ1) is 15.5. The molecule has 8 heteroatoms. The normalized spacial score (nSPS) is 18.5. The average Bonchev–Trinajstić information content (AvgIpc) is 3.42. The van der Waals surface area contributed by atoms with E-state index in [9.17, 15) is 9.35 Å². The number of hydrogen-bond acceptors (Lipinski definition) is 6. The summed E-state index contributed by atoms with van der Waals surface area (Å²) < 4.78 is 22.2. The standard InChI is InChI=1S/C24H30N4O3S/c1-15-23(16(2)31-26-15)17-12-20-19(22(13-17)32(30)27-18-8-4-5-9-18)14-21(24(29)25-20)28-10-6-3-7-11-28/h12-14,18,27H,3-11H2,1-2H3,(H,25,29). The second kappa shape index (κ2) is 8.92. The molecular formula is C24H30N4O3S. The molecule has 170 valence electrons. The van der Waals surface area contributed by atoms with E-state index in [1.54, 1.807) is 0 Å². The number of nitrogens with zero attached hydrogens (tertiary/aromatic N) is 2. The number of piperidine rings is 1. The zero-order valence-corrected chi connectivity index (χ0v) is 19.5. The van der Waals surface area contributed by atoms with Crippen molar-refractivity contribution < 1.29 is 9.08 Å². The Labute approximate surface area is 190 Å². The van der Waals surface area contributed by atoms with Crippen molar-refractivity contribution in [1.29, 1.82) is 0 Å². The molecule has 1 atom stereocenters. The Hall–Kier alpha value is -2.29. The largest absolute Gasteiger partial charge is 0.593 e. The van der Waals surface area contributed by atoms with E-state index in [0.29, 0.717) is 21.9 Å². The Balaban J connectivity index is 1.65. The number of nitrogens with one attached hydrogen (secondary N) is 2. The van der Waals surface area contributed by atoms with E-state index in [1.807, 2.05) is 32.0 Å². The first-order valence-corrected chi connectivity index (χ1v) is 12.7. The summed E-state index contributed by atoms with van der Waals surface area (Å²) in [5.74, 6) is 0.703. The van der Waals surface area contributed by atoms with E-state index in [1.165, 1.54) is 19.3 Å². The molecule has 2 aliphatic rings. The van der Waals surface area contributed by atoms with Crippen LogP contribution in [0, 0.1) is 13.8 Å². The summed E-state index contributed by atoms with van der Waals surface area (Å²) in [6.07, 6.45) is 7.80. The molecule has 2 fully saturated rings. The number of aromatic nitrogens is 2. The van der Waals surface area contributed by atoms with Gasteiger partial charge in [-0.2, -0.15) is 0 Å². The van der Waals surface area contributed by atoms with Crippen molar-refractivity contribution in [2.45, 2.75) is 69.7 Å². The zero-order chi connectivity index (χ0) is 22.2. The van der Waals surface area contributed by atoms with Crippen molar-refractivity contribution >= 4 is 28.0 Å². The summed E-state index contributed by atoms with van der Waals surface area (Å²) in [6, 6.07) is 6.10. The monoisotopic (exact) mass is 454 g/mol. The first-order valence-electron chi connectivity index (χ1n) is 11.6. The van der Waals surface area contributed by atoms with Gasteiger partial charge < -0.3 is 19.0 Å². The lowest BCUT2D eigenvalue weighted by Crippen LogP contribution is -2.34. The van der Waals surface area contributed by atoms with Crippen LogP contribution in [0.3, 0.4) is 0 Å². The summed E-state index contributed by atoms with van der Waals surface area (Å²) in [6.45, 7) is 5.52. The van der Waals surface area contributed by atoms with Crippen LogP contribution in [0.4, 0.5) is 5.69 Å². The minimum absolute atomic E-state index is 0.101. The SMILES string of the molecule is Cc1noc(C)c1-c1cc([S+]([O-])NC2CCCC2)c2cc(N3CCCCC3)c(=O)[nH]c2c1. The van der Waals surface area contributed by atoms with Gasteiger partial charge in [-0.05, 0) is 63.6 Å². The maximum atomic E-state index is 13.5. The van der Waals surface area contributed by atoms with Gasteiger partial charge in [-0.1, -0.05) is 18.0 Å². The third-order valence-electron chi connectivity index (χ3n) is 6.75. The number of anilines is 1. The fraction of sp³-hybridized carbons (Fsp3) is 0.500. The molecule has 0 spiro atoms. The van der Waals surface area contributed by atoms with Gasteiger partial charge in [-0.25, -0.2) is 0 Å². The van der Waals surface area contributed by atoms with Gasteiger partial charge in [0.1, 0.15) is 11.4 Å². The zero-order valence-electron chi connectivity index (χ0n) is 18.7. The van der Waals surface area contributed by atoms with Crippen LogP contribution in [0.1, 0.15) is 56.4 Å². The number of H-pyrrole nitrogens is 1. The number of benzene rings is 1. The van der Waals surface area contributed by atoms with E-state index < -0.39 is 11.4 Å². The van der Waals surface area contributed by atoms with Gasteiger partial charge in [0, 0.05) is 24.7 Å². The molecule has 1 aliphatic heterocycles. The molecule has 0 bridgehead atoms. The molecule has 7 nitrogen and oxygen atoms in total. The van der Waals surface area contributed by atoms with Crippen molar-refractivity contribution in [2.24, 2.45) is 0 Å². The van der Waals surface area contributed by atoms with Crippen LogP contribution in [0.25, 0.3) is 22.0 Å². The van der Waals surface area contributed by atoms with E-state index in [-0.39, 0.29) is 11.6 Å². The number of aryl methyl sites for hydroxylation is 2. The maximum absolute atomic E-state index is 13.5. The van der Waals surface area contributed by atoms with Gasteiger partial charge in [0.15, 0.2) is 4.90 Å². The number of pyridine rings is 1. The van der Waals surface area contributed by atoms with Crippen LogP contribution in [0.5, 0.6) is 0 Å². The van der Waals surface area contributed by atoms with Crippen LogP contribution in [-0.2, 0) is 11.4 Å². The molecule has 0 radical (unpaired) electrons. The summed E-state index contributed by atoms with van der Waals surface area (Å²) in [5.41, 5.74) is 3.76. The van der Waals surface area contributed by atoms with Crippen LogP contribution >= 0.6 is 0 Å². The van der Waals surface area contributed by atoms with Gasteiger partial charge in [0.2, 0.25) is 0 Å². The van der Waals surface area contributed by atoms with Crippen molar-refractivity contribution in [1.82, 2.24) is 14.9 Å². The third kappa shape index (κ3) is 4.07. The predicted octanol–water partition coefficient (Wildman–Crippen LogP) is 4.35. The van der Waals surface area contributed by atoms with Gasteiger partial charge in [0.05, 0.1) is 34.0 Å². The number of aromatic amines is 1. The van der Waals surface area contributed by atoms with Crippen molar-refractivity contribution in [3.05, 3.63) is 40.0 Å². The minimum atomic E-state index is -1.39. The molecular weight excluding hydrogens is 424 g/mol. The Bertz CT molecular complexity index is 1160. The summed E-state index contributed by atoms with van der Waals surface area (Å²) >= 11 is -1.39. The summed E-state index contributed by atoms with van der Waals surface area (Å²) in [7, 11) is 0. The van der Waals surface area contributed by atoms with E-state index in [4.69, 9.17) is 4.52 Å². The molecule has 1 saturated carbocycles. The average molecular weight is 455 g/mol. The molecule has 2 aromatic heterocycles. The topological polar surface area (TPSA) is 97.2 Å². The van der Waals surface area contributed by atoms with Gasteiger partial charge in [0.25, 0.3) is 5.56 Å². The number of fused-ring (bicyclic) bond motifs is 1. The fourth-order valence-corrected chi connectivity index (χ4v) is 6.36. The number of hydrogen-bond donors (Lipinski definition) is 2. The quantitative estimate of drug-likeness (QED) is 0.557. The van der Waals surface area contributed by atoms with Crippen LogP contribution in [-0.4, -0.2) is 33.8 Å². The highest BCUT2D eigenvalue weighted by molar-refractivity contribution is 7.89. The Morgan fingerprint density at radius 3 is 2.56 bits per heavy atom. The Morgan fingerprint density at radius 2 is 1.88 bits per heavy atom. The van der Waals surface area contributed by atoms with Crippen molar-refractivity contribution in [3.63, 3.8) is 0 Å². The molecule has 0 amide bonds. The minimum Gasteiger partial charge on any atom is -0.593 e. The lowest BCUT2D eigenvalue weighted by Gasteiger charge is -2.28. The second-order valence-corrected chi connectivity index (χ2v) is 10.2. The number of rotatable bonds is 5. The highest BCUT2D eigenvalue weighted by Crippen LogP contribution is 2.34. The van der Waals surface area contributed by atoms with Crippen LogP contribution in [0.15, 0.2) is 32.4 Å². The van der Waals surface area contributed by atoms with E-state index >= 15 is 0 Å². The van der Waals surface area contributed by atoms with Crippen molar-refractivity contribution in [2.75, 3.05) is 18.0 Å². The third-order valence-corrected chi connectivity index (χ3v) is 8.04. The lowest BCUT2D eigenvalue weighted by molar-refractivity contribution is 0.393. The molecule has 1 aromatic carbocycles. The van der Waals surface area contributed by atoms with E-state index in [0.717, 1.165) is 61.0 Å². The van der Waals surface area contributed by atoms with Crippen LogP contribution in [0.2, 0.25) is 0 Å². The maximum Gasteiger partial charge on any atom is 0.271 e. The van der Waals surface area contributed by atoms with Gasteiger partial charge in [-0.3, -0.25) is 4.79 Å². The molecule has 1 aliphatic carbocycles. The second-order valence-electron chi connectivity index (χ2n) is 9.03. The van der Waals surface area contributed by atoms with Crippen molar-refractivity contribution in [3.8, 4) is 11.1 Å².